The predicted octanol–water partition coefficient (Wildman–Crippen LogP) is 3.50. The maximum atomic E-state index is 12.6. The molecule has 0 aliphatic heterocycles. The van der Waals surface area contributed by atoms with Crippen molar-refractivity contribution in [3.8, 4) is 0 Å². The zero-order chi connectivity index (χ0) is 16.2. The maximum Gasteiger partial charge on any atom is 0.305 e. The van der Waals surface area contributed by atoms with Gasteiger partial charge < -0.3 is 9.30 Å². The number of carbonyl (C=O) groups is 1. The number of pyridine rings is 1. The van der Waals surface area contributed by atoms with Gasteiger partial charge >= 0.3 is 5.97 Å². The summed E-state index contributed by atoms with van der Waals surface area (Å²) < 4.78 is 7.09. The van der Waals surface area contributed by atoms with Crippen LogP contribution in [0.25, 0.3) is 21.8 Å². The number of ether oxygens (including phenoxy) is 1. The van der Waals surface area contributed by atoms with Crippen LogP contribution < -0.4 is 5.43 Å². The summed E-state index contributed by atoms with van der Waals surface area (Å²) in [6.45, 7) is 2.88. The van der Waals surface area contributed by atoms with E-state index in [1.165, 1.54) is 0 Å². The number of aryl methyl sites for hydroxylation is 1. The van der Waals surface area contributed by atoms with Gasteiger partial charge in [-0.15, -0.1) is 0 Å². The molecule has 3 aromatic rings. The van der Waals surface area contributed by atoms with Crippen molar-refractivity contribution >= 4 is 27.8 Å². The molecule has 0 radical (unpaired) electrons. The Morgan fingerprint density at radius 3 is 2.13 bits per heavy atom. The van der Waals surface area contributed by atoms with E-state index in [2.05, 4.69) is 4.57 Å². The Bertz CT molecular complexity index is 851. The number of hydrogen-bond acceptors (Lipinski definition) is 3. The molecule has 0 atom stereocenters. The van der Waals surface area contributed by atoms with E-state index in [0.717, 1.165) is 11.0 Å². The lowest BCUT2D eigenvalue weighted by molar-refractivity contribution is -0.143. The van der Waals surface area contributed by atoms with Crippen LogP contribution in [0.5, 0.6) is 0 Å². The average molecular weight is 309 g/mol. The van der Waals surface area contributed by atoms with Crippen LogP contribution >= 0.6 is 0 Å². The Hall–Kier alpha value is -2.62. The van der Waals surface area contributed by atoms with Crippen molar-refractivity contribution in [1.82, 2.24) is 4.57 Å². The van der Waals surface area contributed by atoms with E-state index < -0.39 is 0 Å². The third kappa shape index (κ3) is 2.97. The first-order chi connectivity index (χ1) is 11.2. The van der Waals surface area contributed by atoms with Gasteiger partial charge in [0.05, 0.1) is 17.6 Å². The molecule has 118 valence electrons. The molecule has 0 aliphatic rings. The van der Waals surface area contributed by atoms with Gasteiger partial charge in [-0.25, -0.2) is 0 Å². The molecule has 0 spiro atoms. The summed E-state index contributed by atoms with van der Waals surface area (Å²) in [6.07, 6.45) is 1.05. The van der Waals surface area contributed by atoms with Gasteiger partial charge in [-0.3, -0.25) is 9.59 Å². The van der Waals surface area contributed by atoms with Gasteiger partial charge in [0, 0.05) is 23.7 Å². The second kappa shape index (κ2) is 6.65. The summed E-state index contributed by atoms with van der Waals surface area (Å²) >= 11 is 0. The van der Waals surface area contributed by atoms with Gasteiger partial charge in [0.15, 0.2) is 5.43 Å². The zero-order valence-corrected chi connectivity index (χ0v) is 13.1. The van der Waals surface area contributed by atoms with Crippen LogP contribution in [0.4, 0.5) is 0 Å². The van der Waals surface area contributed by atoms with Gasteiger partial charge in [0.2, 0.25) is 0 Å². The lowest BCUT2D eigenvalue weighted by Gasteiger charge is -2.14. The quantitative estimate of drug-likeness (QED) is 0.535. The zero-order valence-electron chi connectivity index (χ0n) is 13.1. The molecule has 4 nitrogen and oxygen atoms in total. The largest absolute Gasteiger partial charge is 0.466 e. The van der Waals surface area contributed by atoms with Crippen LogP contribution in [0.15, 0.2) is 53.3 Å². The van der Waals surface area contributed by atoms with E-state index in [-0.39, 0.29) is 11.4 Å². The summed E-state index contributed by atoms with van der Waals surface area (Å²) in [5, 5.41) is 1.42. The molecule has 0 amide bonds. The Balaban J connectivity index is 2.04. The summed E-state index contributed by atoms with van der Waals surface area (Å²) in [4.78, 5) is 24.2. The molecule has 1 aromatic heterocycles. The molecule has 0 unspecified atom stereocenters. The van der Waals surface area contributed by atoms with E-state index in [1.54, 1.807) is 6.92 Å². The first kappa shape index (κ1) is 15.3. The molecule has 1 heterocycles. The van der Waals surface area contributed by atoms with E-state index in [4.69, 9.17) is 4.74 Å². The number of rotatable bonds is 5. The number of esters is 1. The topological polar surface area (TPSA) is 48.3 Å². The number of aromatic nitrogens is 1. The van der Waals surface area contributed by atoms with Crippen LogP contribution in [0.2, 0.25) is 0 Å². The first-order valence-corrected chi connectivity index (χ1v) is 7.88. The van der Waals surface area contributed by atoms with Crippen molar-refractivity contribution in [1.29, 1.82) is 0 Å². The highest BCUT2D eigenvalue weighted by molar-refractivity contribution is 5.93. The molecule has 3 rings (SSSR count). The second-order valence-corrected chi connectivity index (χ2v) is 5.42. The van der Waals surface area contributed by atoms with Crippen LogP contribution in [0.3, 0.4) is 0 Å². The van der Waals surface area contributed by atoms with Crippen molar-refractivity contribution < 1.29 is 9.53 Å². The number of para-hydroxylation sites is 2. The highest BCUT2D eigenvalue weighted by Crippen LogP contribution is 2.19. The number of fused-ring (bicyclic) bond motifs is 2. The molecule has 0 aliphatic carbocycles. The van der Waals surface area contributed by atoms with E-state index in [1.807, 2.05) is 48.5 Å². The fourth-order valence-electron chi connectivity index (χ4n) is 2.93. The standard InChI is InChI=1S/C19H19NO3/c1-2-23-18(21)12-7-13-20-16-10-5-3-8-14(16)19(22)15-9-4-6-11-17(15)20/h3-6,8-11H,2,7,12-13H2,1H3. The fourth-order valence-corrected chi connectivity index (χ4v) is 2.93. The molecular weight excluding hydrogens is 290 g/mol. The fraction of sp³-hybridized carbons (Fsp3) is 0.263. The van der Waals surface area contributed by atoms with E-state index in [9.17, 15) is 9.59 Å². The molecular formula is C19H19NO3. The summed E-state index contributed by atoms with van der Waals surface area (Å²) in [5.74, 6) is -0.179. The molecule has 23 heavy (non-hydrogen) atoms. The monoisotopic (exact) mass is 309 g/mol. The molecule has 0 bridgehead atoms. The Morgan fingerprint density at radius 1 is 1.00 bits per heavy atom. The Labute approximate surface area is 134 Å². The normalized spacial score (nSPS) is 11.0. The SMILES string of the molecule is CCOC(=O)CCCn1c2ccccc2c(=O)c2ccccc21. The van der Waals surface area contributed by atoms with Crippen molar-refractivity contribution in [2.45, 2.75) is 26.3 Å². The molecule has 0 saturated carbocycles. The Kier molecular flexibility index (Phi) is 4.42. The third-order valence-electron chi connectivity index (χ3n) is 3.95. The molecule has 0 fully saturated rings. The highest BCUT2D eigenvalue weighted by atomic mass is 16.5. The van der Waals surface area contributed by atoms with Crippen molar-refractivity contribution in [2.75, 3.05) is 6.61 Å². The van der Waals surface area contributed by atoms with Crippen LogP contribution in [-0.4, -0.2) is 17.1 Å². The highest BCUT2D eigenvalue weighted by Gasteiger charge is 2.10. The lowest BCUT2D eigenvalue weighted by Crippen LogP contribution is -2.12. The van der Waals surface area contributed by atoms with Crippen molar-refractivity contribution in [3.63, 3.8) is 0 Å². The number of benzene rings is 2. The summed E-state index contributed by atoms with van der Waals surface area (Å²) in [6, 6.07) is 15.2. The lowest BCUT2D eigenvalue weighted by atomic mass is 10.1. The average Bonchev–Trinajstić information content (AvgIpc) is 2.58. The van der Waals surface area contributed by atoms with Crippen LogP contribution in [0.1, 0.15) is 19.8 Å². The van der Waals surface area contributed by atoms with Crippen LogP contribution in [0, 0.1) is 0 Å². The van der Waals surface area contributed by atoms with Crippen LogP contribution in [-0.2, 0) is 16.1 Å². The van der Waals surface area contributed by atoms with E-state index in [0.29, 0.717) is 36.8 Å². The predicted molar refractivity (Wildman–Crippen MR) is 91.6 cm³/mol. The minimum absolute atomic E-state index is 0.0536. The first-order valence-electron chi connectivity index (χ1n) is 7.88. The Morgan fingerprint density at radius 2 is 1.57 bits per heavy atom. The van der Waals surface area contributed by atoms with Crippen molar-refractivity contribution in [2.24, 2.45) is 0 Å². The van der Waals surface area contributed by atoms with Gasteiger partial charge in [-0.05, 0) is 37.6 Å². The van der Waals surface area contributed by atoms with E-state index >= 15 is 0 Å². The molecule has 0 N–H and O–H groups in total. The number of carbonyl (C=O) groups excluding carboxylic acids is 1. The molecule has 4 heteroatoms. The second-order valence-electron chi connectivity index (χ2n) is 5.42. The molecule has 2 aromatic carbocycles. The third-order valence-corrected chi connectivity index (χ3v) is 3.95. The van der Waals surface area contributed by atoms with Gasteiger partial charge in [-0.2, -0.15) is 0 Å². The minimum atomic E-state index is -0.179. The molecule has 0 saturated heterocycles. The van der Waals surface area contributed by atoms with Gasteiger partial charge in [0.25, 0.3) is 0 Å². The van der Waals surface area contributed by atoms with Gasteiger partial charge in [-0.1, -0.05) is 24.3 Å². The number of nitrogens with zero attached hydrogens (tertiary/aromatic N) is 1. The van der Waals surface area contributed by atoms with Gasteiger partial charge in [0.1, 0.15) is 0 Å². The number of hydrogen-bond donors (Lipinski definition) is 0. The minimum Gasteiger partial charge on any atom is -0.466 e. The maximum absolute atomic E-state index is 12.6. The summed E-state index contributed by atoms with van der Waals surface area (Å²) in [7, 11) is 0. The summed E-state index contributed by atoms with van der Waals surface area (Å²) in [5.41, 5.74) is 1.86. The smallest absolute Gasteiger partial charge is 0.305 e. The van der Waals surface area contributed by atoms with Crippen molar-refractivity contribution in [3.05, 3.63) is 58.8 Å².